The molecule has 3 aromatic carbocycles. The highest BCUT2D eigenvalue weighted by Gasteiger charge is 2.68. The molecule has 0 radical (unpaired) electrons. The Bertz CT molecular complexity index is 1320. The number of hydrogen-bond acceptors (Lipinski definition) is 5. The first kappa shape index (κ1) is 24.8. The maximum absolute atomic E-state index is 14.1. The third-order valence-corrected chi connectivity index (χ3v) is 7.64. The number of likely N-dealkylation sites (tertiary alicyclic amines) is 1. The Morgan fingerprint density at radius 2 is 1.47 bits per heavy atom. The van der Waals surface area contributed by atoms with Crippen LogP contribution in [-0.2, 0) is 31.2 Å². The van der Waals surface area contributed by atoms with E-state index in [1.165, 1.54) is 12.0 Å². The topological polar surface area (TPSA) is 75.7 Å². The molecule has 0 unspecified atom stereocenters. The van der Waals surface area contributed by atoms with E-state index >= 15 is 0 Å². The highest BCUT2D eigenvalue weighted by Crippen LogP contribution is 2.52. The van der Waals surface area contributed by atoms with Gasteiger partial charge in [-0.1, -0.05) is 71.2 Å². The normalized spacial score (nSPS) is 22.6. The molecule has 3 atom stereocenters. The summed E-state index contributed by atoms with van der Waals surface area (Å²) in [6.07, 6.45) is 0. The number of rotatable bonds is 5. The molecule has 0 spiro atoms. The molecule has 2 saturated heterocycles. The number of hydrogen-bond donors (Lipinski definition) is 1. The number of nitrogens with zero attached hydrogens (tertiary/aromatic N) is 1. The molecular weight excluding hydrogens is 523 g/mol. The van der Waals surface area contributed by atoms with Gasteiger partial charge in [0, 0.05) is 15.1 Å². The molecule has 0 aliphatic carbocycles. The molecule has 0 saturated carbocycles. The SMILES string of the molecule is COC(=O)[C@@H]1NC(c2cccc(Cl)c2)(c2cccc(Cl)c2)[C@H]2C(=O)N(Cc3ccc(Cl)cc3)C(=O)[C@@H]12. The zero-order chi connectivity index (χ0) is 25.6. The standard InChI is InChI=1S/C27H21Cl3N2O4/c1-36-26(35)23-21-22(25(34)32(24(21)33)14-15-8-10-18(28)11-9-15)27(31-23,16-4-2-6-19(29)12-16)17-5-3-7-20(30)13-17/h2-13,21-23,31H,14H2,1H3/t21-,22-,23-/m1/s1. The van der Waals surface area contributed by atoms with Crippen molar-refractivity contribution in [2.45, 2.75) is 18.1 Å². The number of benzene rings is 3. The molecule has 0 aromatic heterocycles. The van der Waals surface area contributed by atoms with Crippen LogP contribution in [0.2, 0.25) is 15.1 Å². The summed E-state index contributed by atoms with van der Waals surface area (Å²) in [5.41, 5.74) is 0.738. The van der Waals surface area contributed by atoms with Gasteiger partial charge in [-0.05, 0) is 53.1 Å². The van der Waals surface area contributed by atoms with Gasteiger partial charge in [-0.3, -0.25) is 24.6 Å². The molecule has 5 rings (SSSR count). The van der Waals surface area contributed by atoms with E-state index < -0.39 is 41.2 Å². The van der Waals surface area contributed by atoms with Crippen LogP contribution in [0.5, 0.6) is 0 Å². The Morgan fingerprint density at radius 3 is 2.00 bits per heavy atom. The van der Waals surface area contributed by atoms with Gasteiger partial charge in [0.05, 0.1) is 31.0 Å². The Morgan fingerprint density at radius 1 is 0.889 bits per heavy atom. The molecule has 2 aliphatic heterocycles. The van der Waals surface area contributed by atoms with Gasteiger partial charge < -0.3 is 4.74 Å². The molecule has 1 N–H and O–H groups in total. The summed E-state index contributed by atoms with van der Waals surface area (Å²) in [7, 11) is 1.25. The number of carbonyl (C=O) groups is 3. The van der Waals surface area contributed by atoms with Gasteiger partial charge in [0.1, 0.15) is 6.04 Å². The van der Waals surface area contributed by atoms with Crippen LogP contribution in [0.3, 0.4) is 0 Å². The fourth-order valence-corrected chi connectivity index (χ4v) is 5.89. The molecule has 2 amide bonds. The van der Waals surface area contributed by atoms with Gasteiger partial charge in [-0.2, -0.15) is 0 Å². The minimum absolute atomic E-state index is 0.0525. The summed E-state index contributed by atoms with van der Waals surface area (Å²) in [6.45, 7) is 0.0525. The molecule has 9 heteroatoms. The van der Waals surface area contributed by atoms with Crippen LogP contribution in [0.4, 0.5) is 0 Å². The first-order chi connectivity index (χ1) is 17.3. The van der Waals surface area contributed by atoms with E-state index in [0.29, 0.717) is 26.2 Å². The maximum Gasteiger partial charge on any atom is 0.323 e. The quantitative estimate of drug-likeness (QED) is 0.368. The largest absolute Gasteiger partial charge is 0.468 e. The van der Waals surface area contributed by atoms with E-state index in [1.807, 2.05) is 12.1 Å². The van der Waals surface area contributed by atoms with E-state index in [9.17, 15) is 14.4 Å². The Kier molecular flexibility index (Phi) is 6.55. The second-order valence-electron chi connectivity index (χ2n) is 8.87. The van der Waals surface area contributed by atoms with Gasteiger partial charge in [0.25, 0.3) is 0 Å². The number of esters is 1. The molecule has 36 heavy (non-hydrogen) atoms. The lowest BCUT2D eigenvalue weighted by Gasteiger charge is -2.36. The number of ether oxygens (including phenoxy) is 1. The van der Waals surface area contributed by atoms with Crippen LogP contribution >= 0.6 is 34.8 Å². The fraction of sp³-hybridized carbons (Fsp3) is 0.222. The lowest BCUT2D eigenvalue weighted by molar-refractivity contribution is -0.148. The van der Waals surface area contributed by atoms with Crippen LogP contribution in [0.15, 0.2) is 72.8 Å². The van der Waals surface area contributed by atoms with E-state index in [-0.39, 0.29) is 6.54 Å². The lowest BCUT2D eigenvalue weighted by atomic mass is 9.71. The number of amides is 2. The highest BCUT2D eigenvalue weighted by atomic mass is 35.5. The third kappa shape index (κ3) is 3.98. The summed E-state index contributed by atoms with van der Waals surface area (Å²) in [6, 6.07) is 19.9. The number of fused-ring (bicyclic) bond motifs is 1. The van der Waals surface area contributed by atoms with Crippen molar-refractivity contribution in [1.82, 2.24) is 10.2 Å². The molecule has 6 nitrogen and oxygen atoms in total. The van der Waals surface area contributed by atoms with Crippen LogP contribution < -0.4 is 5.32 Å². The second kappa shape index (κ2) is 9.52. The van der Waals surface area contributed by atoms with Crippen molar-refractivity contribution < 1.29 is 19.1 Å². The Balaban J connectivity index is 1.70. The average molecular weight is 544 g/mol. The maximum atomic E-state index is 14.1. The minimum atomic E-state index is -1.26. The summed E-state index contributed by atoms with van der Waals surface area (Å²) < 4.78 is 5.05. The second-order valence-corrected chi connectivity index (χ2v) is 10.2. The van der Waals surface area contributed by atoms with Crippen molar-refractivity contribution in [3.8, 4) is 0 Å². The Hall–Kier alpha value is -2.90. The summed E-state index contributed by atoms with van der Waals surface area (Å²) >= 11 is 18.7. The minimum Gasteiger partial charge on any atom is -0.468 e. The van der Waals surface area contributed by atoms with Crippen LogP contribution in [0.1, 0.15) is 16.7 Å². The van der Waals surface area contributed by atoms with E-state index in [2.05, 4.69) is 5.32 Å². The van der Waals surface area contributed by atoms with Crippen molar-refractivity contribution >= 4 is 52.6 Å². The van der Waals surface area contributed by atoms with Gasteiger partial charge in [-0.15, -0.1) is 0 Å². The first-order valence-electron chi connectivity index (χ1n) is 11.2. The summed E-state index contributed by atoms with van der Waals surface area (Å²) in [4.78, 5) is 42.0. The molecule has 184 valence electrons. The number of methoxy groups -OCH3 is 1. The molecule has 0 bridgehead atoms. The molecule has 3 aromatic rings. The van der Waals surface area contributed by atoms with E-state index in [1.54, 1.807) is 60.7 Å². The van der Waals surface area contributed by atoms with Gasteiger partial charge in [-0.25, -0.2) is 0 Å². The van der Waals surface area contributed by atoms with Crippen molar-refractivity contribution in [2.75, 3.05) is 7.11 Å². The number of imide groups is 1. The Labute approximate surface area is 223 Å². The fourth-order valence-electron chi connectivity index (χ4n) is 5.39. The van der Waals surface area contributed by atoms with E-state index in [0.717, 1.165) is 5.56 Å². The van der Waals surface area contributed by atoms with Gasteiger partial charge in [0.15, 0.2) is 0 Å². The van der Waals surface area contributed by atoms with Gasteiger partial charge >= 0.3 is 5.97 Å². The van der Waals surface area contributed by atoms with Crippen molar-refractivity contribution in [3.05, 3.63) is 105 Å². The molecule has 2 heterocycles. The predicted octanol–water partition coefficient (Wildman–Crippen LogP) is 4.84. The van der Waals surface area contributed by atoms with Crippen LogP contribution in [0.25, 0.3) is 0 Å². The van der Waals surface area contributed by atoms with Gasteiger partial charge in [0.2, 0.25) is 11.8 Å². The zero-order valence-electron chi connectivity index (χ0n) is 19.1. The van der Waals surface area contributed by atoms with Crippen LogP contribution in [-0.4, -0.2) is 35.8 Å². The smallest absolute Gasteiger partial charge is 0.323 e. The highest BCUT2D eigenvalue weighted by molar-refractivity contribution is 6.31. The van der Waals surface area contributed by atoms with Crippen molar-refractivity contribution in [3.63, 3.8) is 0 Å². The zero-order valence-corrected chi connectivity index (χ0v) is 21.3. The molecule has 2 fully saturated rings. The number of halogens is 3. The summed E-state index contributed by atoms with van der Waals surface area (Å²) in [5.74, 6) is -3.42. The first-order valence-corrected chi connectivity index (χ1v) is 12.4. The number of carbonyl (C=O) groups excluding carboxylic acids is 3. The number of nitrogens with one attached hydrogen (secondary N) is 1. The molecule has 2 aliphatic rings. The van der Waals surface area contributed by atoms with Crippen molar-refractivity contribution in [1.29, 1.82) is 0 Å². The van der Waals surface area contributed by atoms with E-state index in [4.69, 9.17) is 39.5 Å². The lowest BCUT2D eigenvalue weighted by Crippen LogP contribution is -2.51. The van der Waals surface area contributed by atoms with Crippen molar-refractivity contribution in [2.24, 2.45) is 11.8 Å². The summed E-state index contributed by atoms with van der Waals surface area (Å²) in [5, 5.41) is 4.76. The average Bonchev–Trinajstić information content (AvgIpc) is 3.35. The third-order valence-electron chi connectivity index (χ3n) is 6.92. The predicted molar refractivity (Wildman–Crippen MR) is 137 cm³/mol. The molecular formula is C27H21Cl3N2O4. The van der Waals surface area contributed by atoms with Crippen LogP contribution in [0, 0.1) is 11.8 Å². The monoisotopic (exact) mass is 542 g/mol.